The number of thiocarbonyl (C=S) groups is 1. The molecule has 1 heterocycles. The van der Waals surface area contributed by atoms with Crippen LogP contribution in [-0.4, -0.2) is 23.5 Å². The summed E-state index contributed by atoms with van der Waals surface area (Å²) in [4.78, 5) is 24.0. The molecule has 2 N–H and O–H groups in total. The molecular formula is C21H17N3O4S. The lowest BCUT2D eigenvalue weighted by Gasteiger charge is -2.17. The third-order valence-corrected chi connectivity index (χ3v) is 4.25. The molecule has 0 bridgehead atoms. The minimum atomic E-state index is -0.565. The Morgan fingerprint density at radius 3 is 2.48 bits per heavy atom. The molecule has 0 spiro atoms. The van der Waals surface area contributed by atoms with Crippen LogP contribution in [0.25, 0.3) is 6.08 Å². The topological polar surface area (TPSA) is 100 Å². The first-order chi connectivity index (χ1) is 14.0. The highest BCUT2D eigenvalue weighted by Crippen LogP contribution is 2.30. The molecule has 0 aromatic heterocycles. The van der Waals surface area contributed by atoms with Gasteiger partial charge >= 0.3 is 0 Å². The van der Waals surface area contributed by atoms with Crippen molar-refractivity contribution in [3.05, 3.63) is 64.7 Å². The van der Waals surface area contributed by atoms with Crippen LogP contribution >= 0.6 is 12.2 Å². The Labute approximate surface area is 172 Å². The number of carbonyl (C=O) groups is 2. The monoisotopic (exact) mass is 407 g/mol. The van der Waals surface area contributed by atoms with Crippen molar-refractivity contribution in [2.45, 2.75) is 13.5 Å². The smallest absolute Gasteiger partial charge is 0.263 e. The van der Waals surface area contributed by atoms with Gasteiger partial charge in [-0.15, -0.1) is 0 Å². The number of nitrogens with zero attached hydrogens (tertiary/aromatic N) is 1. The number of amides is 2. The molecule has 8 heteroatoms. The second kappa shape index (κ2) is 8.99. The van der Waals surface area contributed by atoms with Crippen molar-refractivity contribution in [3.63, 3.8) is 0 Å². The first-order valence-electron chi connectivity index (χ1n) is 8.77. The van der Waals surface area contributed by atoms with Crippen molar-refractivity contribution in [2.24, 2.45) is 0 Å². The molecule has 2 aromatic carbocycles. The third kappa shape index (κ3) is 4.78. The van der Waals surface area contributed by atoms with E-state index in [1.807, 2.05) is 19.1 Å². The van der Waals surface area contributed by atoms with Crippen molar-refractivity contribution in [3.8, 4) is 17.6 Å². The normalized spacial score (nSPS) is 13.2. The Kier molecular flexibility index (Phi) is 6.22. The van der Waals surface area contributed by atoms with Crippen LogP contribution in [-0.2, 0) is 16.2 Å². The zero-order valence-electron chi connectivity index (χ0n) is 15.5. The summed E-state index contributed by atoms with van der Waals surface area (Å²) in [7, 11) is 0. The number of nitrogens with one attached hydrogen (secondary N) is 2. The first kappa shape index (κ1) is 20.0. The van der Waals surface area contributed by atoms with Gasteiger partial charge in [-0.25, -0.2) is 0 Å². The Morgan fingerprint density at radius 1 is 1.07 bits per heavy atom. The van der Waals surface area contributed by atoms with Crippen LogP contribution < -0.4 is 20.1 Å². The van der Waals surface area contributed by atoms with Crippen molar-refractivity contribution in [2.75, 3.05) is 6.61 Å². The highest BCUT2D eigenvalue weighted by Gasteiger charge is 2.25. The summed E-state index contributed by atoms with van der Waals surface area (Å²) in [6.07, 6.45) is 1.45. The van der Waals surface area contributed by atoms with Crippen LogP contribution in [0.2, 0.25) is 0 Å². The Bertz CT molecular complexity index is 1030. The van der Waals surface area contributed by atoms with E-state index in [1.165, 1.54) is 6.08 Å². The second-order valence-electron chi connectivity index (χ2n) is 5.99. The van der Waals surface area contributed by atoms with E-state index in [-0.39, 0.29) is 17.3 Å². The van der Waals surface area contributed by atoms with Gasteiger partial charge in [-0.2, -0.15) is 5.26 Å². The van der Waals surface area contributed by atoms with E-state index in [0.717, 1.165) is 5.56 Å². The fraction of sp³-hybridized carbons (Fsp3) is 0.143. The lowest BCUT2D eigenvalue weighted by atomic mass is 10.1. The van der Waals surface area contributed by atoms with Crippen LogP contribution in [0, 0.1) is 11.3 Å². The molecule has 1 aliphatic rings. The number of carbonyl (C=O) groups excluding carboxylic acids is 2. The SMILES string of the molecule is CCOc1cc(C=C2C(=O)NC(=S)NC2=O)ccc1OCc1ccccc1C#N. The average Bonchev–Trinajstić information content (AvgIpc) is 2.70. The minimum Gasteiger partial charge on any atom is -0.490 e. The molecule has 2 aromatic rings. The minimum absolute atomic E-state index is 0.0199. The Hall–Kier alpha value is -3.70. The summed E-state index contributed by atoms with van der Waals surface area (Å²) in [6.45, 7) is 2.44. The van der Waals surface area contributed by atoms with E-state index in [0.29, 0.717) is 29.2 Å². The third-order valence-electron chi connectivity index (χ3n) is 4.04. The maximum absolute atomic E-state index is 12.0. The molecule has 1 fully saturated rings. The molecule has 0 radical (unpaired) electrons. The van der Waals surface area contributed by atoms with Gasteiger partial charge in [0.05, 0.1) is 18.2 Å². The van der Waals surface area contributed by atoms with Gasteiger partial charge in [-0.1, -0.05) is 24.3 Å². The Morgan fingerprint density at radius 2 is 1.79 bits per heavy atom. The van der Waals surface area contributed by atoms with Gasteiger partial charge in [0.1, 0.15) is 12.2 Å². The summed E-state index contributed by atoms with van der Waals surface area (Å²) >= 11 is 4.79. The number of rotatable bonds is 6. The van der Waals surface area contributed by atoms with E-state index in [9.17, 15) is 14.9 Å². The van der Waals surface area contributed by atoms with Crippen molar-refractivity contribution in [1.82, 2.24) is 10.6 Å². The molecule has 2 amide bonds. The summed E-state index contributed by atoms with van der Waals surface area (Å²) in [5.41, 5.74) is 1.83. The van der Waals surface area contributed by atoms with Gasteiger partial charge in [0.25, 0.3) is 11.8 Å². The predicted molar refractivity (Wildman–Crippen MR) is 110 cm³/mol. The van der Waals surface area contributed by atoms with E-state index >= 15 is 0 Å². The molecule has 0 aliphatic carbocycles. The van der Waals surface area contributed by atoms with Gasteiger partial charge in [0, 0.05) is 5.56 Å². The van der Waals surface area contributed by atoms with Crippen molar-refractivity contribution in [1.29, 1.82) is 5.26 Å². The number of ether oxygens (including phenoxy) is 2. The fourth-order valence-corrected chi connectivity index (χ4v) is 2.87. The van der Waals surface area contributed by atoms with Crippen molar-refractivity contribution >= 4 is 35.2 Å². The second-order valence-corrected chi connectivity index (χ2v) is 6.40. The fourth-order valence-electron chi connectivity index (χ4n) is 2.69. The van der Waals surface area contributed by atoms with E-state index in [4.69, 9.17) is 21.7 Å². The molecule has 0 unspecified atom stereocenters. The van der Waals surface area contributed by atoms with Gasteiger partial charge in [-0.3, -0.25) is 20.2 Å². The quantitative estimate of drug-likeness (QED) is 0.433. The largest absolute Gasteiger partial charge is 0.490 e. The standard InChI is InChI=1S/C21H17N3O4S/c1-2-27-18-10-13(9-16-19(25)23-21(29)24-20(16)26)7-8-17(18)28-12-15-6-4-3-5-14(15)11-22/h3-10H,2,12H2,1H3,(H2,23,24,25,26,29). The van der Waals surface area contributed by atoms with E-state index in [2.05, 4.69) is 16.7 Å². The van der Waals surface area contributed by atoms with E-state index in [1.54, 1.807) is 30.3 Å². The molecule has 1 saturated heterocycles. The van der Waals surface area contributed by atoms with E-state index < -0.39 is 11.8 Å². The lowest BCUT2D eigenvalue weighted by Crippen LogP contribution is -2.51. The molecular weight excluding hydrogens is 390 g/mol. The summed E-state index contributed by atoms with van der Waals surface area (Å²) in [5, 5.41) is 14.0. The maximum atomic E-state index is 12.0. The van der Waals surface area contributed by atoms with Gasteiger partial charge < -0.3 is 9.47 Å². The first-order valence-corrected chi connectivity index (χ1v) is 9.18. The predicted octanol–water partition coefficient (Wildman–Crippen LogP) is 2.45. The van der Waals surface area contributed by atoms with Crippen LogP contribution in [0.1, 0.15) is 23.6 Å². The molecule has 3 rings (SSSR count). The van der Waals surface area contributed by atoms with Gasteiger partial charge in [-0.05, 0) is 49.0 Å². The van der Waals surface area contributed by atoms with Crippen LogP contribution in [0.15, 0.2) is 48.0 Å². The number of benzene rings is 2. The molecule has 1 aliphatic heterocycles. The maximum Gasteiger partial charge on any atom is 0.263 e. The number of hydrogen-bond acceptors (Lipinski definition) is 6. The van der Waals surface area contributed by atoms with Crippen LogP contribution in [0.5, 0.6) is 11.5 Å². The van der Waals surface area contributed by atoms with Crippen LogP contribution in [0.4, 0.5) is 0 Å². The molecule has 0 atom stereocenters. The molecule has 146 valence electrons. The zero-order valence-corrected chi connectivity index (χ0v) is 16.3. The Balaban J connectivity index is 1.84. The van der Waals surface area contributed by atoms with Crippen molar-refractivity contribution < 1.29 is 19.1 Å². The van der Waals surface area contributed by atoms with Gasteiger partial charge in [0.15, 0.2) is 16.6 Å². The zero-order chi connectivity index (χ0) is 20.8. The summed E-state index contributed by atoms with van der Waals surface area (Å²) in [6, 6.07) is 14.4. The highest BCUT2D eigenvalue weighted by molar-refractivity contribution is 7.80. The molecule has 7 nitrogen and oxygen atoms in total. The average molecular weight is 407 g/mol. The van der Waals surface area contributed by atoms with Gasteiger partial charge in [0.2, 0.25) is 0 Å². The lowest BCUT2D eigenvalue weighted by molar-refractivity contribution is -0.123. The van der Waals surface area contributed by atoms with Crippen LogP contribution in [0.3, 0.4) is 0 Å². The highest BCUT2D eigenvalue weighted by atomic mass is 32.1. The molecule has 29 heavy (non-hydrogen) atoms. The summed E-state index contributed by atoms with van der Waals surface area (Å²) in [5.74, 6) is -0.181. The number of hydrogen-bond donors (Lipinski definition) is 2. The molecule has 0 saturated carbocycles. The summed E-state index contributed by atoms with van der Waals surface area (Å²) < 4.78 is 11.5. The number of nitriles is 1.